The average Bonchev–Trinajstić information content (AvgIpc) is 2.86. The fourth-order valence-electron chi connectivity index (χ4n) is 1.58. The van der Waals surface area contributed by atoms with Crippen molar-refractivity contribution >= 4 is 17.6 Å². The van der Waals surface area contributed by atoms with E-state index in [1.807, 2.05) is 18.3 Å². The van der Waals surface area contributed by atoms with Gasteiger partial charge < -0.3 is 20.7 Å². The largest absolute Gasteiger partial charge is 0.480 e. The number of nitrogens with one attached hydrogen (secondary N) is 3. The molecule has 0 unspecified atom stereocenters. The Morgan fingerprint density at radius 1 is 1.37 bits per heavy atom. The molecule has 7 heteroatoms. The Hall–Kier alpha value is -2.57. The van der Waals surface area contributed by atoms with E-state index in [0.29, 0.717) is 24.0 Å². The number of carboxylic acid groups (broad SMARTS) is 1. The summed E-state index contributed by atoms with van der Waals surface area (Å²) in [7, 11) is 0. The summed E-state index contributed by atoms with van der Waals surface area (Å²) < 4.78 is 0. The van der Waals surface area contributed by atoms with Crippen LogP contribution in [0.25, 0.3) is 0 Å². The first-order chi connectivity index (χ1) is 9.13. The van der Waals surface area contributed by atoms with Crippen LogP contribution in [0.15, 0.2) is 24.4 Å². The summed E-state index contributed by atoms with van der Waals surface area (Å²) in [6, 6.07) is 5.56. The molecule has 100 valence electrons. The van der Waals surface area contributed by atoms with E-state index in [2.05, 4.69) is 25.6 Å². The van der Waals surface area contributed by atoms with Crippen molar-refractivity contribution in [2.75, 3.05) is 17.2 Å². The minimum absolute atomic E-state index is 0.174. The lowest BCUT2D eigenvalue weighted by Crippen LogP contribution is -2.14. The van der Waals surface area contributed by atoms with Crippen molar-refractivity contribution in [3.05, 3.63) is 35.9 Å². The van der Waals surface area contributed by atoms with Crippen molar-refractivity contribution in [3.8, 4) is 0 Å². The Morgan fingerprint density at radius 3 is 2.74 bits per heavy atom. The smallest absolute Gasteiger partial charge is 0.322 e. The van der Waals surface area contributed by atoms with Gasteiger partial charge in [0, 0.05) is 18.0 Å². The number of aromatic nitrogens is 3. The van der Waals surface area contributed by atoms with Crippen molar-refractivity contribution < 1.29 is 9.90 Å². The highest BCUT2D eigenvalue weighted by Crippen LogP contribution is 2.11. The van der Waals surface area contributed by atoms with Crippen LogP contribution in [0.3, 0.4) is 0 Å². The number of carbonyl (C=O) groups is 1. The van der Waals surface area contributed by atoms with Gasteiger partial charge in [0.15, 0.2) is 0 Å². The fraction of sp³-hybridized carbons (Fsp3) is 0.250. The van der Waals surface area contributed by atoms with Crippen LogP contribution in [-0.4, -0.2) is 32.6 Å². The molecule has 0 aliphatic rings. The fourth-order valence-corrected chi connectivity index (χ4v) is 1.58. The highest BCUT2D eigenvalue weighted by Gasteiger charge is 2.03. The Labute approximate surface area is 110 Å². The minimum Gasteiger partial charge on any atom is -0.480 e. The Balaban J connectivity index is 2.01. The third-order valence-electron chi connectivity index (χ3n) is 2.38. The number of rotatable bonds is 6. The number of hydrogen-bond donors (Lipinski definition) is 4. The second-order valence-electron chi connectivity index (χ2n) is 3.98. The Morgan fingerprint density at radius 2 is 2.11 bits per heavy atom. The van der Waals surface area contributed by atoms with Crippen molar-refractivity contribution in [3.63, 3.8) is 0 Å². The molecule has 7 nitrogen and oxygen atoms in total. The molecule has 0 amide bonds. The first-order valence-electron chi connectivity index (χ1n) is 5.81. The minimum atomic E-state index is -0.933. The van der Waals surface area contributed by atoms with Crippen LogP contribution in [0.1, 0.15) is 11.5 Å². The Kier molecular flexibility index (Phi) is 3.97. The molecule has 2 rings (SSSR count). The first kappa shape index (κ1) is 12.9. The molecular formula is C12H15N5O2. The molecule has 2 aromatic heterocycles. The summed E-state index contributed by atoms with van der Waals surface area (Å²) in [6.45, 7) is 2.19. The molecule has 0 spiro atoms. The molecule has 0 bridgehead atoms. The van der Waals surface area contributed by atoms with Gasteiger partial charge in [-0.05, 0) is 19.1 Å². The maximum atomic E-state index is 10.5. The lowest BCUT2D eigenvalue weighted by Gasteiger charge is -2.08. The summed E-state index contributed by atoms with van der Waals surface area (Å²) >= 11 is 0. The van der Waals surface area contributed by atoms with Crippen molar-refractivity contribution in [1.82, 2.24) is 15.0 Å². The van der Waals surface area contributed by atoms with Crippen molar-refractivity contribution in [2.45, 2.75) is 13.5 Å². The molecule has 0 atom stereocenters. The van der Waals surface area contributed by atoms with Crippen LogP contribution < -0.4 is 10.6 Å². The number of nitrogens with zero attached hydrogens (tertiary/aromatic N) is 2. The standard InChI is InChI=1S/C12H15N5O2/c1-8-16-10(14-6-9-3-2-4-13-9)5-11(17-8)15-7-12(18)19/h2-5,13H,6-7H2,1H3,(H,18,19)(H2,14,15,16,17). The molecule has 0 saturated carbocycles. The molecule has 0 fully saturated rings. The SMILES string of the molecule is Cc1nc(NCC(=O)O)cc(NCc2ccc[nH]2)n1. The molecule has 0 radical (unpaired) electrons. The molecule has 2 heterocycles. The third kappa shape index (κ3) is 3.98. The number of H-pyrrole nitrogens is 1. The van der Waals surface area contributed by atoms with Crippen LogP contribution in [0.4, 0.5) is 11.6 Å². The number of aryl methyl sites for hydroxylation is 1. The molecule has 2 aromatic rings. The van der Waals surface area contributed by atoms with Gasteiger partial charge in [-0.25, -0.2) is 9.97 Å². The zero-order valence-electron chi connectivity index (χ0n) is 10.5. The normalized spacial score (nSPS) is 10.2. The number of aliphatic carboxylic acids is 1. The molecular weight excluding hydrogens is 246 g/mol. The highest BCUT2D eigenvalue weighted by molar-refractivity contribution is 5.72. The van der Waals surface area contributed by atoms with Gasteiger partial charge in [0.1, 0.15) is 24.0 Å². The molecule has 4 N–H and O–H groups in total. The van der Waals surface area contributed by atoms with Crippen LogP contribution >= 0.6 is 0 Å². The zero-order chi connectivity index (χ0) is 13.7. The van der Waals surface area contributed by atoms with Crippen molar-refractivity contribution in [1.29, 1.82) is 0 Å². The van der Waals surface area contributed by atoms with E-state index in [0.717, 1.165) is 5.69 Å². The highest BCUT2D eigenvalue weighted by atomic mass is 16.4. The summed E-state index contributed by atoms with van der Waals surface area (Å²) in [5, 5.41) is 14.5. The predicted octanol–water partition coefficient (Wildman–Crippen LogP) is 1.22. The lowest BCUT2D eigenvalue weighted by molar-refractivity contribution is -0.134. The van der Waals surface area contributed by atoms with E-state index in [9.17, 15) is 4.79 Å². The quantitative estimate of drug-likeness (QED) is 0.623. The number of carboxylic acids is 1. The van der Waals surface area contributed by atoms with Gasteiger partial charge in [-0.1, -0.05) is 0 Å². The number of anilines is 2. The van der Waals surface area contributed by atoms with Crippen LogP contribution in [-0.2, 0) is 11.3 Å². The number of hydrogen-bond acceptors (Lipinski definition) is 5. The van der Waals surface area contributed by atoms with E-state index in [4.69, 9.17) is 5.11 Å². The van der Waals surface area contributed by atoms with Gasteiger partial charge in [0.25, 0.3) is 0 Å². The Bertz CT molecular complexity index is 553. The van der Waals surface area contributed by atoms with Crippen molar-refractivity contribution in [2.24, 2.45) is 0 Å². The maximum Gasteiger partial charge on any atom is 0.322 e. The van der Waals surface area contributed by atoms with Gasteiger partial charge >= 0.3 is 5.97 Å². The molecule has 0 aliphatic heterocycles. The van der Waals surface area contributed by atoms with Gasteiger partial charge in [-0.15, -0.1) is 0 Å². The van der Waals surface area contributed by atoms with Gasteiger partial charge in [-0.2, -0.15) is 0 Å². The second-order valence-corrected chi connectivity index (χ2v) is 3.98. The predicted molar refractivity (Wildman–Crippen MR) is 71.0 cm³/mol. The molecule has 0 saturated heterocycles. The average molecular weight is 261 g/mol. The van der Waals surface area contributed by atoms with Gasteiger partial charge in [0.05, 0.1) is 6.54 Å². The van der Waals surface area contributed by atoms with E-state index < -0.39 is 5.97 Å². The summed E-state index contributed by atoms with van der Waals surface area (Å²) in [5.41, 5.74) is 1.04. The first-order valence-corrected chi connectivity index (χ1v) is 5.81. The third-order valence-corrected chi connectivity index (χ3v) is 2.38. The molecule has 19 heavy (non-hydrogen) atoms. The number of aromatic amines is 1. The lowest BCUT2D eigenvalue weighted by atomic mass is 10.4. The van der Waals surface area contributed by atoms with E-state index in [1.165, 1.54) is 0 Å². The summed E-state index contributed by atoms with van der Waals surface area (Å²) in [6.07, 6.45) is 1.85. The van der Waals surface area contributed by atoms with E-state index in [1.54, 1.807) is 13.0 Å². The second kappa shape index (κ2) is 5.85. The summed E-state index contributed by atoms with van der Waals surface area (Å²) in [5.74, 6) is 0.778. The monoisotopic (exact) mass is 261 g/mol. The molecule has 0 aromatic carbocycles. The molecule has 0 aliphatic carbocycles. The summed E-state index contributed by atoms with van der Waals surface area (Å²) in [4.78, 5) is 21.9. The van der Waals surface area contributed by atoms with Crippen LogP contribution in [0.2, 0.25) is 0 Å². The van der Waals surface area contributed by atoms with E-state index >= 15 is 0 Å². The van der Waals surface area contributed by atoms with Crippen LogP contribution in [0.5, 0.6) is 0 Å². The van der Waals surface area contributed by atoms with Crippen LogP contribution in [0, 0.1) is 6.92 Å². The maximum absolute atomic E-state index is 10.5. The van der Waals surface area contributed by atoms with E-state index in [-0.39, 0.29) is 6.54 Å². The van der Waals surface area contributed by atoms with Gasteiger partial charge in [0.2, 0.25) is 0 Å². The van der Waals surface area contributed by atoms with Gasteiger partial charge in [-0.3, -0.25) is 4.79 Å². The topological polar surface area (TPSA) is 103 Å². The zero-order valence-corrected chi connectivity index (χ0v) is 10.5.